The molecule has 5 heteroatoms. The maximum absolute atomic E-state index is 10.4. The Bertz CT molecular complexity index is 1200. The standard InChI is InChI=1S/C24H25N3O2/c1-12-5-6-17(9-13(2)23(12)28)19-10-18(21-14(3)27-29-15(21)4)11-20-22(19)26-24(25-20)16-7-8-16/h5-6,9-12,16,28H,7-8H2,1-4H3,(H,25,26). The molecule has 2 aliphatic rings. The van der Waals surface area contributed by atoms with Gasteiger partial charge in [0.05, 0.1) is 16.7 Å². The molecule has 0 spiro atoms. The fourth-order valence-corrected chi connectivity index (χ4v) is 4.17. The van der Waals surface area contributed by atoms with Gasteiger partial charge in [0.2, 0.25) is 0 Å². The van der Waals surface area contributed by atoms with Gasteiger partial charge in [0, 0.05) is 23.0 Å². The van der Waals surface area contributed by atoms with Gasteiger partial charge in [0.15, 0.2) is 0 Å². The van der Waals surface area contributed by atoms with E-state index in [4.69, 9.17) is 9.51 Å². The molecule has 1 fully saturated rings. The van der Waals surface area contributed by atoms with Gasteiger partial charge in [-0.05, 0) is 68.5 Å². The Morgan fingerprint density at radius 2 is 1.97 bits per heavy atom. The number of fused-ring (bicyclic) bond motifs is 1. The molecule has 148 valence electrons. The Kier molecular flexibility index (Phi) is 4.02. The largest absolute Gasteiger partial charge is 0.511 e. The van der Waals surface area contributed by atoms with Crippen molar-refractivity contribution in [2.45, 2.75) is 46.5 Å². The summed E-state index contributed by atoms with van der Waals surface area (Å²) in [7, 11) is 0. The predicted octanol–water partition coefficient (Wildman–Crippen LogP) is 6.13. The van der Waals surface area contributed by atoms with Crippen LogP contribution in [0.2, 0.25) is 0 Å². The Labute approximate surface area is 169 Å². The monoisotopic (exact) mass is 387 g/mol. The van der Waals surface area contributed by atoms with Gasteiger partial charge in [-0.25, -0.2) is 4.98 Å². The summed E-state index contributed by atoms with van der Waals surface area (Å²) in [6.45, 7) is 7.87. The summed E-state index contributed by atoms with van der Waals surface area (Å²) in [4.78, 5) is 8.51. The van der Waals surface area contributed by atoms with E-state index in [1.165, 1.54) is 12.8 Å². The molecule has 2 N–H and O–H groups in total. The Morgan fingerprint density at radius 3 is 2.66 bits per heavy atom. The summed E-state index contributed by atoms with van der Waals surface area (Å²) in [6, 6.07) is 4.32. The maximum Gasteiger partial charge on any atom is 0.141 e. The van der Waals surface area contributed by atoms with Crippen LogP contribution in [0.15, 0.2) is 46.2 Å². The summed E-state index contributed by atoms with van der Waals surface area (Å²) >= 11 is 0. The van der Waals surface area contributed by atoms with E-state index in [0.29, 0.717) is 11.7 Å². The van der Waals surface area contributed by atoms with Crippen molar-refractivity contribution >= 4 is 16.6 Å². The van der Waals surface area contributed by atoms with Crippen molar-refractivity contribution in [2.24, 2.45) is 5.92 Å². The molecule has 29 heavy (non-hydrogen) atoms. The van der Waals surface area contributed by atoms with Gasteiger partial charge in [-0.15, -0.1) is 0 Å². The summed E-state index contributed by atoms with van der Waals surface area (Å²) in [5, 5.41) is 14.5. The number of aliphatic hydroxyl groups excluding tert-OH is 1. The molecule has 0 aliphatic heterocycles. The van der Waals surface area contributed by atoms with Gasteiger partial charge in [-0.3, -0.25) is 0 Å². The Morgan fingerprint density at radius 1 is 1.17 bits per heavy atom. The third-order valence-corrected chi connectivity index (χ3v) is 5.97. The predicted molar refractivity (Wildman–Crippen MR) is 115 cm³/mol. The second-order valence-corrected chi connectivity index (χ2v) is 8.33. The highest BCUT2D eigenvalue weighted by molar-refractivity contribution is 5.96. The first-order valence-corrected chi connectivity index (χ1v) is 10.2. The van der Waals surface area contributed by atoms with E-state index in [1.54, 1.807) is 0 Å². The molecule has 2 aromatic heterocycles. The molecule has 5 nitrogen and oxygen atoms in total. The number of allylic oxidation sites excluding steroid dienone is 5. The zero-order valence-corrected chi connectivity index (χ0v) is 17.2. The number of benzene rings is 1. The van der Waals surface area contributed by atoms with Gasteiger partial charge in [-0.1, -0.05) is 24.2 Å². The number of nitrogens with zero attached hydrogens (tertiary/aromatic N) is 2. The maximum atomic E-state index is 10.4. The minimum absolute atomic E-state index is 0.00815. The lowest BCUT2D eigenvalue weighted by Gasteiger charge is -2.08. The number of aromatic nitrogens is 3. The first-order chi connectivity index (χ1) is 13.9. The fourth-order valence-electron chi connectivity index (χ4n) is 4.17. The molecule has 3 aromatic rings. The van der Waals surface area contributed by atoms with E-state index in [2.05, 4.69) is 28.3 Å². The highest BCUT2D eigenvalue weighted by Crippen LogP contribution is 2.41. The highest BCUT2D eigenvalue weighted by atomic mass is 16.5. The van der Waals surface area contributed by atoms with Crippen LogP contribution in [-0.4, -0.2) is 20.2 Å². The quantitative estimate of drug-likeness (QED) is 0.566. The summed E-state index contributed by atoms with van der Waals surface area (Å²) in [6.07, 6.45) is 8.57. The Hall–Kier alpha value is -3.08. The van der Waals surface area contributed by atoms with E-state index >= 15 is 0 Å². The highest BCUT2D eigenvalue weighted by Gasteiger charge is 2.28. The molecule has 0 amide bonds. The lowest BCUT2D eigenvalue weighted by molar-refractivity contribution is 0.360. The number of aryl methyl sites for hydroxylation is 2. The molecular weight excluding hydrogens is 362 g/mol. The third-order valence-electron chi connectivity index (χ3n) is 5.97. The zero-order chi connectivity index (χ0) is 20.3. The molecule has 1 saturated carbocycles. The molecule has 0 bridgehead atoms. The van der Waals surface area contributed by atoms with Crippen LogP contribution in [0.1, 0.15) is 55.4 Å². The van der Waals surface area contributed by atoms with Crippen LogP contribution in [0.25, 0.3) is 27.7 Å². The van der Waals surface area contributed by atoms with Crippen molar-refractivity contribution in [1.82, 2.24) is 15.1 Å². The minimum Gasteiger partial charge on any atom is -0.511 e. The molecule has 5 rings (SSSR count). The molecule has 2 aliphatic carbocycles. The Balaban J connectivity index is 1.77. The van der Waals surface area contributed by atoms with Crippen molar-refractivity contribution in [1.29, 1.82) is 0 Å². The van der Waals surface area contributed by atoms with Gasteiger partial charge in [-0.2, -0.15) is 0 Å². The summed E-state index contributed by atoms with van der Waals surface area (Å²) < 4.78 is 5.42. The molecule has 1 atom stereocenters. The first kappa shape index (κ1) is 18.0. The van der Waals surface area contributed by atoms with Crippen molar-refractivity contribution in [2.75, 3.05) is 0 Å². The van der Waals surface area contributed by atoms with Crippen LogP contribution in [0.4, 0.5) is 0 Å². The fraction of sp³-hybridized carbons (Fsp3) is 0.333. The molecule has 2 heterocycles. The van der Waals surface area contributed by atoms with E-state index in [9.17, 15) is 5.11 Å². The van der Waals surface area contributed by atoms with Crippen molar-refractivity contribution in [3.8, 4) is 11.1 Å². The number of hydrogen-bond acceptors (Lipinski definition) is 4. The average Bonchev–Trinajstić information content (AvgIpc) is 3.40. The van der Waals surface area contributed by atoms with Gasteiger partial charge in [0.1, 0.15) is 17.3 Å². The van der Waals surface area contributed by atoms with Crippen molar-refractivity contribution in [3.63, 3.8) is 0 Å². The number of aliphatic hydroxyl groups is 1. The van der Waals surface area contributed by atoms with Crippen LogP contribution in [0, 0.1) is 19.8 Å². The van der Waals surface area contributed by atoms with Crippen LogP contribution in [0.3, 0.4) is 0 Å². The molecular formula is C24H25N3O2. The van der Waals surface area contributed by atoms with Gasteiger partial charge >= 0.3 is 0 Å². The zero-order valence-electron chi connectivity index (χ0n) is 17.2. The van der Waals surface area contributed by atoms with Crippen LogP contribution in [-0.2, 0) is 0 Å². The molecule has 0 saturated heterocycles. The van der Waals surface area contributed by atoms with E-state index in [0.717, 1.165) is 56.1 Å². The number of aromatic amines is 1. The normalized spacial score (nSPS) is 19.7. The third kappa shape index (κ3) is 3.01. The number of H-pyrrole nitrogens is 1. The summed E-state index contributed by atoms with van der Waals surface area (Å²) in [5.41, 5.74) is 7.94. The van der Waals surface area contributed by atoms with E-state index in [1.807, 2.05) is 39.8 Å². The van der Waals surface area contributed by atoms with Gasteiger partial charge < -0.3 is 14.6 Å². The van der Waals surface area contributed by atoms with Crippen molar-refractivity contribution < 1.29 is 9.63 Å². The van der Waals surface area contributed by atoms with Crippen LogP contribution < -0.4 is 0 Å². The lowest BCUT2D eigenvalue weighted by atomic mass is 9.95. The van der Waals surface area contributed by atoms with Crippen molar-refractivity contribution in [3.05, 3.63) is 64.5 Å². The van der Waals surface area contributed by atoms with Crippen LogP contribution in [0.5, 0.6) is 0 Å². The van der Waals surface area contributed by atoms with Crippen LogP contribution >= 0.6 is 0 Å². The SMILES string of the molecule is CC1=C(O)C(C)C=CC(c2cc(-c3c(C)noc3C)cc3[nH]c(C4CC4)nc23)=C1. The number of imidazole rings is 1. The lowest BCUT2D eigenvalue weighted by Crippen LogP contribution is -1.95. The molecule has 1 aromatic carbocycles. The second-order valence-electron chi connectivity index (χ2n) is 8.33. The van der Waals surface area contributed by atoms with E-state index in [-0.39, 0.29) is 5.92 Å². The number of rotatable bonds is 3. The molecule has 1 unspecified atom stereocenters. The second kappa shape index (κ2) is 6.48. The van der Waals surface area contributed by atoms with Gasteiger partial charge in [0.25, 0.3) is 0 Å². The molecule has 0 radical (unpaired) electrons. The summed E-state index contributed by atoms with van der Waals surface area (Å²) in [5.74, 6) is 2.82. The smallest absolute Gasteiger partial charge is 0.141 e. The first-order valence-electron chi connectivity index (χ1n) is 10.2. The minimum atomic E-state index is -0.00815. The topological polar surface area (TPSA) is 74.9 Å². The number of nitrogens with one attached hydrogen (secondary N) is 1. The number of hydrogen-bond donors (Lipinski definition) is 2. The van der Waals surface area contributed by atoms with E-state index < -0.39 is 0 Å². The average molecular weight is 387 g/mol.